The van der Waals surface area contributed by atoms with Gasteiger partial charge >= 0.3 is 0 Å². The van der Waals surface area contributed by atoms with Crippen molar-refractivity contribution >= 4 is 57.5 Å². The average Bonchev–Trinajstić information content (AvgIpc) is 2.92. The van der Waals surface area contributed by atoms with E-state index in [1.54, 1.807) is 54.6 Å². The van der Waals surface area contributed by atoms with E-state index in [1.807, 2.05) is 51.1 Å². The molecule has 0 aliphatic rings. The van der Waals surface area contributed by atoms with Crippen LogP contribution in [0.15, 0.2) is 90.5 Å². The van der Waals surface area contributed by atoms with Crippen LogP contribution in [0.1, 0.15) is 45.7 Å². The van der Waals surface area contributed by atoms with E-state index in [0.717, 1.165) is 28.1 Å². The molecule has 0 unspecified atom stereocenters. The lowest BCUT2D eigenvalue weighted by Gasteiger charge is -2.18. The molecule has 2 amide bonds. The van der Waals surface area contributed by atoms with Crippen molar-refractivity contribution in [2.75, 3.05) is 27.4 Å². The molecule has 0 saturated heterocycles. The quantitative estimate of drug-likeness (QED) is 0.159. The third kappa shape index (κ3) is 6.58. The van der Waals surface area contributed by atoms with E-state index in [1.165, 1.54) is 0 Å². The lowest BCUT2D eigenvalue weighted by molar-refractivity contribution is 0.101. The number of allylic oxidation sites excluding steroid dienone is 1. The third-order valence-electron chi connectivity index (χ3n) is 6.17. The first-order valence-electron chi connectivity index (χ1n) is 12.3. The van der Waals surface area contributed by atoms with Crippen LogP contribution >= 0.6 is 11.6 Å². The molecule has 0 saturated carbocycles. The monoisotopic (exact) mass is 539 g/mol. The van der Waals surface area contributed by atoms with Crippen molar-refractivity contribution in [2.24, 2.45) is 0 Å². The van der Waals surface area contributed by atoms with Crippen LogP contribution in [0.2, 0.25) is 5.02 Å². The van der Waals surface area contributed by atoms with E-state index in [9.17, 15) is 9.59 Å². The van der Waals surface area contributed by atoms with E-state index >= 15 is 0 Å². The molecule has 4 aromatic carbocycles. The van der Waals surface area contributed by atoms with Crippen LogP contribution in [-0.2, 0) is 0 Å². The summed E-state index contributed by atoms with van der Waals surface area (Å²) in [7, 11) is 0. The molecule has 198 valence electrons. The number of hydrogen-bond donors (Lipinski definition) is 5. The van der Waals surface area contributed by atoms with Crippen molar-refractivity contribution in [1.82, 2.24) is 0 Å². The topological polar surface area (TPSA) is 122 Å². The number of halogens is 1. The first kappa shape index (κ1) is 27.3. The predicted molar refractivity (Wildman–Crippen MR) is 162 cm³/mol. The zero-order valence-corrected chi connectivity index (χ0v) is 22.7. The van der Waals surface area contributed by atoms with Crippen molar-refractivity contribution < 1.29 is 9.59 Å². The molecule has 0 atom stereocenters. The van der Waals surface area contributed by atoms with Gasteiger partial charge in [0.05, 0.1) is 10.7 Å². The molecule has 0 aliphatic carbocycles. The van der Waals surface area contributed by atoms with Crippen molar-refractivity contribution in [3.63, 3.8) is 0 Å². The second-order valence-electron chi connectivity index (χ2n) is 9.33. The van der Waals surface area contributed by atoms with Crippen molar-refractivity contribution in [3.05, 3.63) is 118 Å². The molecule has 0 spiro atoms. The zero-order chi connectivity index (χ0) is 28.1. The number of amides is 2. The Morgan fingerprint density at radius 1 is 0.615 bits per heavy atom. The SMILES string of the molecule is CC(C)=C(Nc1ccc(NC(=O)c2ccc(N)cc2)c(Cl)c1C)c1ccc(NC(=O)c2ccc(N)cc2)cc1. The van der Waals surface area contributed by atoms with Gasteiger partial charge in [0.2, 0.25) is 0 Å². The van der Waals surface area contributed by atoms with E-state index < -0.39 is 0 Å². The number of nitrogens with one attached hydrogen (secondary N) is 3. The Kier molecular flexibility index (Phi) is 8.22. The molecule has 0 radical (unpaired) electrons. The summed E-state index contributed by atoms with van der Waals surface area (Å²) < 4.78 is 0. The molecule has 8 heteroatoms. The minimum Gasteiger partial charge on any atom is -0.399 e. The van der Waals surface area contributed by atoms with Crippen molar-refractivity contribution in [3.8, 4) is 0 Å². The fourth-order valence-electron chi connectivity index (χ4n) is 3.92. The molecule has 7 N–H and O–H groups in total. The number of carbonyl (C=O) groups is 2. The highest BCUT2D eigenvalue weighted by atomic mass is 35.5. The highest BCUT2D eigenvalue weighted by Crippen LogP contribution is 2.34. The Hall–Kier alpha value is -4.75. The van der Waals surface area contributed by atoms with Crippen molar-refractivity contribution in [1.29, 1.82) is 0 Å². The van der Waals surface area contributed by atoms with Crippen LogP contribution in [0.25, 0.3) is 5.70 Å². The highest BCUT2D eigenvalue weighted by Gasteiger charge is 2.14. The van der Waals surface area contributed by atoms with Gasteiger partial charge in [0.1, 0.15) is 0 Å². The summed E-state index contributed by atoms with van der Waals surface area (Å²) in [4.78, 5) is 25.2. The molecule has 0 aliphatic heterocycles. The number of carbonyl (C=O) groups excluding carboxylic acids is 2. The summed E-state index contributed by atoms with van der Waals surface area (Å²) in [6.07, 6.45) is 0. The number of nitrogen functional groups attached to an aromatic ring is 2. The lowest BCUT2D eigenvalue weighted by Crippen LogP contribution is -2.13. The zero-order valence-electron chi connectivity index (χ0n) is 21.9. The van der Waals surface area contributed by atoms with Gasteiger partial charge in [0.25, 0.3) is 11.8 Å². The number of hydrogen-bond acceptors (Lipinski definition) is 5. The molecule has 39 heavy (non-hydrogen) atoms. The maximum atomic E-state index is 12.6. The van der Waals surface area contributed by atoms with Gasteiger partial charge < -0.3 is 27.4 Å². The normalized spacial score (nSPS) is 10.5. The first-order valence-corrected chi connectivity index (χ1v) is 12.7. The highest BCUT2D eigenvalue weighted by molar-refractivity contribution is 6.35. The third-order valence-corrected chi connectivity index (χ3v) is 6.66. The second-order valence-corrected chi connectivity index (χ2v) is 9.71. The van der Waals surface area contributed by atoms with E-state index in [4.69, 9.17) is 23.1 Å². The summed E-state index contributed by atoms with van der Waals surface area (Å²) in [5.41, 5.74) is 19.3. The Morgan fingerprint density at radius 2 is 1.08 bits per heavy atom. The average molecular weight is 540 g/mol. The van der Waals surface area contributed by atoms with E-state index in [-0.39, 0.29) is 11.8 Å². The van der Waals surface area contributed by atoms with Gasteiger partial charge in [0, 0.05) is 39.6 Å². The summed E-state index contributed by atoms with van der Waals surface area (Å²) in [6, 6.07) is 24.7. The molecule has 0 bridgehead atoms. The Labute approximate surface area is 232 Å². The van der Waals surface area contributed by atoms with Gasteiger partial charge in [0.15, 0.2) is 0 Å². The summed E-state index contributed by atoms with van der Waals surface area (Å²) >= 11 is 6.65. The molecule has 7 nitrogen and oxygen atoms in total. The van der Waals surface area contributed by atoms with Crippen LogP contribution < -0.4 is 27.4 Å². The molecule has 0 aromatic heterocycles. The van der Waals surface area contributed by atoms with Gasteiger partial charge in [-0.15, -0.1) is 0 Å². The summed E-state index contributed by atoms with van der Waals surface area (Å²) in [5.74, 6) is -0.484. The minimum atomic E-state index is -0.273. The predicted octanol–water partition coefficient (Wildman–Crippen LogP) is 7.18. The number of benzene rings is 4. The standard InChI is InChI=1S/C31H30ClN5O2/c1-18(2)29(20-8-14-25(15-9-20)35-30(38)21-4-10-23(33)11-5-21)36-26-16-17-27(28(32)19(26)3)37-31(39)22-6-12-24(34)13-7-22/h4-17,36H,33-34H2,1-3H3,(H,35,38)(H,37,39). The molecule has 4 rings (SSSR count). The molecular formula is C31H30ClN5O2. The molecule has 0 fully saturated rings. The van der Waals surface area contributed by atoms with Gasteiger partial charge in [-0.1, -0.05) is 29.3 Å². The fourth-order valence-corrected chi connectivity index (χ4v) is 4.14. The fraction of sp³-hybridized carbons (Fsp3) is 0.0968. The van der Waals surface area contributed by atoms with Crippen LogP contribution in [0, 0.1) is 6.92 Å². The van der Waals surface area contributed by atoms with E-state index in [0.29, 0.717) is 38.9 Å². The second kappa shape index (κ2) is 11.8. The summed E-state index contributed by atoms with van der Waals surface area (Å²) in [6.45, 7) is 5.91. The Morgan fingerprint density at radius 3 is 1.59 bits per heavy atom. The largest absolute Gasteiger partial charge is 0.399 e. The smallest absolute Gasteiger partial charge is 0.255 e. The Bertz CT molecular complexity index is 1540. The summed E-state index contributed by atoms with van der Waals surface area (Å²) in [5, 5.41) is 9.69. The van der Waals surface area contributed by atoms with Crippen LogP contribution in [0.4, 0.5) is 28.4 Å². The van der Waals surface area contributed by atoms with Gasteiger partial charge in [-0.3, -0.25) is 9.59 Å². The first-order chi connectivity index (χ1) is 18.6. The van der Waals surface area contributed by atoms with Crippen LogP contribution in [0.5, 0.6) is 0 Å². The number of rotatable bonds is 7. The van der Waals surface area contributed by atoms with E-state index in [2.05, 4.69) is 16.0 Å². The lowest BCUT2D eigenvalue weighted by atomic mass is 10.1. The van der Waals surface area contributed by atoms with Crippen LogP contribution in [-0.4, -0.2) is 11.8 Å². The maximum Gasteiger partial charge on any atom is 0.255 e. The van der Waals surface area contributed by atoms with Gasteiger partial charge in [-0.2, -0.15) is 0 Å². The van der Waals surface area contributed by atoms with Crippen LogP contribution in [0.3, 0.4) is 0 Å². The molecule has 4 aromatic rings. The Balaban J connectivity index is 1.48. The van der Waals surface area contributed by atoms with Gasteiger partial charge in [-0.25, -0.2) is 0 Å². The molecular weight excluding hydrogens is 510 g/mol. The number of nitrogens with two attached hydrogens (primary N) is 2. The van der Waals surface area contributed by atoms with Gasteiger partial charge in [-0.05, 0) is 105 Å². The van der Waals surface area contributed by atoms with Crippen molar-refractivity contribution in [2.45, 2.75) is 20.8 Å². The molecule has 0 heterocycles. The minimum absolute atomic E-state index is 0.211. The number of anilines is 5. The maximum absolute atomic E-state index is 12.6.